The van der Waals surface area contributed by atoms with Crippen molar-refractivity contribution >= 4 is 21.8 Å². The number of hydrogen-bond donors (Lipinski definition) is 0. The molecule has 2 aromatic rings. The molecule has 6 nitrogen and oxygen atoms in total. The van der Waals surface area contributed by atoms with Crippen molar-refractivity contribution < 1.29 is 22.3 Å². The van der Waals surface area contributed by atoms with Crippen molar-refractivity contribution in [1.29, 1.82) is 0 Å². The van der Waals surface area contributed by atoms with Crippen molar-refractivity contribution in [2.75, 3.05) is 23.7 Å². The third-order valence-corrected chi connectivity index (χ3v) is 6.85. The zero-order chi connectivity index (χ0) is 21.3. The molecule has 0 radical (unpaired) electrons. The molecule has 2 heterocycles. The predicted molar refractivity (Wildman–Crippen MR) is 110 cm³/mol. The quantitative estimate of drug-likeness (QED) is 0.686. The summed E-state index contributed by atoms with van der Waals surface area (Å²) in [5.41, 5.74) is 2.64. The number of halogens is 1. The van der Waals surface area contributed by atoms with Crippen molar-refractivity contribution in [3.05, 3.63) is 46.9 Å². The standard InChI is InChI=1S/C21H25FN2O4S/c1-5-29(26,27)24-12-6-7-16-17(14-8-10-15(22)11-9-14)18(21(25)28-4)19(13(2)3)23-20(16)24/h8-11,13H,5-7,12H2,1-4H3. The van der Waals surface area contributed by atoms with Crippen LogP contribution in [0.5, 0.6) is 0 Å². The summed E-state index contributed by atoms with van der Waals surface area (Å²) < 4.78 is 45.3. The number of benzene rings is 1. The highest BCUT2D eigenvalue weighted by Gasteiger charge is 2.34. The molecule has 1 aromatic heterocycles. The molecule has 156 valence electrons. The Kier molecular flexibility index (Phi) is 5.93. The SMILES string of the molecule is CCS(=O)(=O)N1CCCc2c1nc(C(C)C)c(C(=O)OC)c2-c1ccc(F)cc1. The Labute approximate surface area is 170 Å². The van der Waals surface area contributed by atoms with Gasteiger partial charge in [-0.15, -0.1) is 0 Å². The Bertz CT molecular complexity index is 1030. The van der Waals surface area contributed by atoms with Crippen molar-refractivity contribution in [2.24, 2.45) is 0 Å². The van der Waals surface area contributed by atoms with E-state index in [2.05, 4.69) is 4.98 Å². The van der Waals surface area contributed by atoms with Crippen LogP contribution in [0.4, 0.5) is 10.2 Å². The lowest BCUT2D eigenvalue weighted by Gasteiger charge is -2.32. The molecule has 1 aliphatic rings. The van der Waals surface area contributed by atoms with Gasteiger partial charge in [-0.2, -0.15) is 0 Å². The van der Waals surface area contributed by atoms with E-state index in [0.29, 0.717) is 53.2 Å². The average molecular weight is 421 g/mol. The summed E-state index contributed by atoms with van der Waals surface area (Å²) in [5, 5.41) is 0. The third kappa shape index (κ3) is 3.85. The Hall–Kier alpha value is -2.48. The molecule has 0 bridgehead atoms. The molecule has 0 atom stereocenters. The van der Waals surface area contributed by atoms with Gasteiger partial charge in [0.05, 0.1) is 24.1 Å². The smallest absolute Gasteiger partial charge is 0.340 e. The molecule has 0 fully saturated rings. The van der Waals surface area contributed by atoms with Gasteiger partial charge in [-0.25, -0.2) is 22.6 Å². The van der Waals surface area contributed by atoms with E-state index in [9.17, 15) is 17.6 Å². The van der Waals surface area contributed by atoms with Crippen molar-refractivity contribution in [3.8, 4) is 11.1 Å². The summed E-state index contributed by atoms with van der Waals surface area (Å²) in [7, 11) is -2.23. The number of methoxy groups -OCH3 is 1. The molecular weight excluding hydrogens is 395 g/mol. The van der Waals surface area contributed by atoms with Crippen molar-refractivity contribution in [3.63, 3.8) is 0 Å². The van der Waals surface area contributed by atoms with Crippen LogP contribution in [-0.2, 0) is 21.2 Å². The number of carbonyl (C=O) groups excluding carboxylic acids is 1. The number of anilines is 1. The zero-order valence-corrected chi connectivity index (χ0v) is 17.8. The van der Waals surface area contributed by atoms with Crippen LogP contribution in [0, 0.1) is 5.82 Å². The van der Waals surface area contributed by atoms with Crippen LogP contribution in [-0.4, -0.2) is 38.8 Å². The molecule has 1 aliphatic heterocycles. The first kappa shape index (κ1) is 21.2. The van der Waals surface area contributed by atoms with Gasteiger partial charge in [-0.05, 0) is 43.4 Å². The number of carbonyl (C=O) groups is 1. The van der Waals surface area contributed by atoms with Gasteiger partial charge >= 0.3 is 5.97 Å². The predicted octanol–water partition coefficient (Wildman–Crippen LogP) is 3.90. The Morgan fingerprint density at radius 2 is 1.93 bits per heavy atom. The van der Waals surface area contributed by atoms with Crippen LogP contribution < -0.4 is 4.31 Å². The highest BCUT2D eigenvalue weighted by atomic mass is 32.2. The minimum Gasteiger partial charge on any atom is -0.465 e. The number of fused-ring (bicyclic) bond motifs is 1. The number of aromatic nitrogens is 1. The fourth-order valence-electron chi connectivity index (χ4n) is 3.66. The highest BCUT2D eigenvalue weighted by Crippen LogP contribution is 2.41. The summed E-state index contributed by atoms with van der Waals surface area (Å²) >= 11 is 0. The molecule has 0 saturated carbocycles. The fraction of sp³-hybridized carbons (Fsp3) is 0.429. The van der Waals surface area contributed by atoms with E-state index in [0.717, 1.165) is 0 Å². The summed E-state index contributed by atoms with van der Waals surface area (Å²) in [6.07, 6.45) is 1.16. The molecule has 1 aromatic carbocycles. The van der Waals surface area contributed by atoms with Crippen LogP contribution >= 0.6 is 0 Å². The number of hydrogen-bond acceptors (Lipinski definition) is 5. The minimum absolute atomic E-state index is 0.0459. The molecule has 0 amide bonds. The van der Waals surface area contributed by atoms with Crippen LogP contribution in [0.2, 0.25) is 0 Å². The molecule has 3 rings (SSSR count). The van der Waals surface area contributed by atoms with Gasteiger partial charge in [0.25, 0.3) is 0 Å². The lowest BCUT2D eigenvalue weighted by molar-refractivity contribution is 0.0599. The van der Waals surface area contributed by atoms with E-state index in [1.807, 2.05) is 13.8 Å². The fourth-order valence-corrected chi connectivity index (χ4v) is 4.80. The highest BCUT2D eigenvalue weighted by molar-refractivity contribution is 7.92. The van der Waals surface area contributed by atoms with E-state index in [1.54, 1.807) is 19.1 Å². The molecule has 0 N–H and O–H groups in total. The lowest BCUT2D eigenvalue weighted by Crippen LogP contribution is -2.38. The average Bonchev–Trinajstić information content (AvgIpc) is 2.71. The van der Waals surface area contributed by atoms with Gasteiger partial charge < -0.3 is 4.74 Å². The van der Waals surface area contributed by atoms with E-state index in [4.69, 9.17) is 4.74 Å². The van der Waals surface area contributed by atoms with Gasteiger partial charge in [0, 0.05) is 17.7 Å². The molecule has 0 spiro atoms. The summed E-state index contributed by atoms with van der Waals surface area (Å²) in [4.78, 5) is 17.4. The molecule has 0 saturated heterocycles. The normalized spacial score (nSPS) is 14.1. The molecular formula is C21H25FN2O4S. The Morgan fingerprint density at radius 1 is 1.28 bits per heavy atom. The minimum atomic E-state index is -3.53. The van der Waals surface area contributed by atoms with Crippen molar-refractivity contribution in [2.45, 2.75) is 39.5 Å². The van der Waals surface area contributed by atoms with Crippen LogP contribution in [0.3, 0.4) is 0 Å². The Balaban J connectivity index is 2.43. The summed E-state index contributed by atoms with van der Waals surface area (Å²) in [5.74, 6) is -0.777. The lowest BCUT2D eigenvalue weighted by atomic mass is 9.88. The maximum atomic E-state index is 13.5. The maximum Gasteiger partial charge on any atom is 0.340 e. The van der Waals surface area contributed by atoms with Crippen molar-refractivity contribution in [1.82, 2.24) is 4.98 Å². The van der Waals surface area contributed by atoms with Gasteiger partial charge in [-0.3, -0.25) is 4.31 Å². The van der Waals surface area contributed by atoms with Crippen LogP contribution in [0.15, 0.2) is 24.3 Å². The largest absolute Gasteiger partial charge is 0.465 e. The number of esters is 1. The molecule has 8 heteroatoms. The van der Waals surface area contributed by atoms with Crippen LogP contribution in [0.1, 0.15) is 54.7 Å². The molecule has 0 aliphatic carbocycles. The van der Waals surface area contributed by atoms with Gasteiger partial charge in [0.1, 0.15) is 11.6 Å². The third-order valence-electron chi connectivity index (χ3n) is 5.10. The van der Waals surface area contributed by atoms with E-state index < -0.39 is 21.8 Å². The number of ether oxygens (including phenoxy) is 1. The zero-order valence-electron chi connectivity index (χ0n) is 17.0. The van der Waals surface area contributed by atoms with Crippen LogP contribution in [0.25, 0.3) is 11.1 Å². The monoisotopic (exact) mass is 420 g/mol. The topological polar surface area (TPSA) is 76.6 Å². The summed E-state index contributed by atoms with van der Waals surface area (Å²) in [6, 6.07) is 5.83. The summed E-state index contributed by atoms with van der Waals surface area (Å²) in [6.45, 7) is 5.71. The first-order chi connectivity index (χ1) is 13.7. The van der Waals surface area contributed by atoms with Gasteiger partial charge in [-0.1, -0.05) is 26.0 Å². The van der Waals surface area contributed by atoms with Gasteiger partial charge in [0.2, 0.25) is 10.0 Å². The second-order valence-corrected chi connectivity index (χ2v) is 9.46. The van der Waals surface area contributed by atoms with E-state index in [1.165, 1.54) is 23.5 Å². The first-order valence-electron chi connectivity index (χ1n) is 9.62. The molecule has 29 heavy (non-hydrogen) atoms. The maximum absolute atomic E-state index is 13.5. The second-order valence-electron chi connectivity index (χ2n) is 7.28. The Morgan fingerprint density at radius 3 is 2.48 bits per heavy atom. The first-order valence-corrected chi connectivity index (χ1v) is 11.2. The van der Waals surface area contributed by atoms with Gasteiger partial charge in [0.15, 0.2) is 0 Å². The number of pyridine rings is 1. The van der Waals surface area contributed by atoms with E-state index >= 15 is 0 Å². The van der Waals surface area contributed by atoms with E-state index in [-0.39, 0.29) is 11.7 Å². The number of rotatable bonds is 5. The number of sulfonamides is 1. The number of nitrogens with zero attached hydrogens (tertiary/aromatic N) is 2. The molecule has 0 unspecified atom stereocenters. The second kappa shape index (κ2) is 8.10.